The van der Waals surface area contributed by atoms with Gasteiger partial charge in [0.05, 0.1) is 24.6 Å². The molecule has 1 heterocycles. The van der Waals surface area contributed by atoms with Gasteiger partial charge in [0.1, 0.15) is 5.75 Å². The smallest absolute Gasteiger partial charge is 0.254 e. The molecule has 7 nitrogen and oxygen atoms in total. The summed E-state index contributed by atoms with van der Waals surface area (Å²) in [5.41, 5.74) is 1.62. The molecule has 3 rings (SSSR count). The summed E-state index contributed by atoms with van der Waals surface area (Å²) in [7, 11) is 3.11. The molecule has 146 valence electrons. The minimum Gasteiger partial charge on any atom is -0.497 e. The van der Waals surface area contributed by atoms with Gasteiger partial charge in [0.2, 0.25) is 11.8 Å². The molecule has 0 aliphatic carbocycles. The van der Waals surface area contributed by atoms with Crippen molar-refractivity contribution in [1.29, 1.82) is 0 Å². The Morgan fingerprint density at radius 2 is 2.04 bits per heavy atom. The molecule has 1 atom stereocenters. The first-order valence-corrected chi connectivity index (χ1v) is 9.56. The Kier molecular flexibility index (Phi) is 5.89. The van der Waals surface area contributed by atoms with Crippen LogP contribution in [-0.4, -0.2) is 48.6 Å². The highest BCUT2D eigenvalue weighted by Crippen LogP contribution is 2.36. The SMILES string of the molecule is COc1cccc(NC(=O)CN(C)C(=O)c2ccc3c(c2)NC(=O)[C@H](C)S3)c1. The molecule has 2 aromatic carbocycles. The first-order chi connectivity index (χ1) is 13.4. The molecule has 0 fully saturated rings. The number of anilines is 2. The minimum atomic E-state index is -0.320. The van der Waals surface area contributed by atoms with E-state index in [0.29, 0.717) is 22.7 Å². The van der Waals surface area contributed by atoms with Crippen LogP contribution in [0.4, 0.5) is 11.4 Å². The van der Waals surface area contributed by atoms with Gasteiger partial charge in [0.15, 0.2) is 0 Å². The lowest BCUT2D eigenvalue weighted by atomic mass is 10.1. The molecule has 0 aromatic heterocycles. The lowest BCUT2D eigenvalue weighted by Crippen LogP contribution is -2.35. The van der Waals surface area contributed by atoms with Gasteiger partial charge in [-0.2, -0.15) is 0 Å². The van der Waals surface area contributed by atoms with Gasteiger partial charge >= 0.3 is 0 Å². The maximum Gasteiger partial charge on any atom is 0.254 e. The zero-order valence-corrected chi connectivity index (χ0v) is 16.6. The first kappa shape index (κ1) is 19.8. The van der Waals surface area contributed by atoms with Gasteiger partial charge in [-0.05, 0) is 37.3 Å². The third kappa shape index (κ3) is 4.45. The van der Waals surface area contributed by atoms with E-state index in [1.165, 1.54) is 16.7 Å². The first-order valence-electron chi connectivity index (χ1n) is 8.68. The van der Waals surface area contributed by atoms with Gasteiger partial charge in [0, 0.05) is 29.3 Å². The average molecular weight is 399 g/mol. The van der Waals surface area contributed by atoms with Crippen LogP contribution in [0.25, 0.3) is 0 Å². The minimum absolute atomic E-state index is 0.0897. The fourth-order valence-corrected chi connectivity index (χ4v) is 3.68. The van der Waals surface area contributed by atoms with Crippen molar-refractivity contribution in [3.05, 3.63) is 48.0 Å². The van der Waals surface area contributed by atoms with Crippen molar-refractivity contribution in [3.63, 3.8) is 0 Å². The van der Waals surface area contributed by atoms with Gasteiger partial charge < -0.3 is 20.3 Å². The Morgan fingerprint density at radius 1 is 1.25 bits per heavy atom. The Hall–Kier alpha value is -3.00. The second-order valence-electron chi connectivity index (χ2n) is 6.40. The summed E-state index contributed by atoms with van der Waals surface area (Å²) in [5.74, 6) is -0.0835. The third-order valence-electron chi connectivity index (χ3n) is 4.24. The molecular formula is C20H21N3O4S. The van der Waals surface area contributed by atoms with Crippen molar-refractivity contribution < 1.29 is 19.1 Å². The molecule has 8 heteroatoms. The number of ether oxygens (including phenoxy) is 1. The normalized spacial score (nSPS) is 15.2. The van der Waals surface area contributed by atoms with Gasteiger partial charge in [-0.3, -0.25) is 14.4 Å². The number of fused-ring (bicyclic) bond motifs is 1. The highest BCUT2D eigenvalue weighted by atomic mass is 32.2. The van der Waals surface area contributed by atoms with E-state index in [2.05, 4.69) is 10.6 Å². The Bertz CT molecular complexity index is 931. The monoisotopic (exact) mass is 399 g/mol. The summed E-state index contributed by atoms with van der Waals surface area (Å²) in [6, 6.07) is 12.1. The molecule has 0 radical (unpaired) electrons. The number of carbonyl (C=O) groups is 3. The number of carbonyl (C=O) groups excluding carboxylic acids is 3. The topological polar surface area (TPSA) is 87.7 Å². The molecule has 0 saturated heterocycles. The van der Waals surface area contributed by atoms with Crippen molar-refractivity contribution in [3.8, 4) is 5.75 Å². The molecule has 2 N–H and O–H groups in total. The summed E-state index contributed by atoms with van der Waals surface area (Å²) in [4.78, 5) is 39.0. The molecule has 1 aliphatic heterocycles. The number of methoxy groups -OCH3 is 1. The number of thioether (sulfide) groups is 1. The van der Waals surface area contributed by atoms with E-state index in [1.54, 1.807) is 50.6 Å². The van der Waals surface area contributed by atoms with Crippen molar-refractivity contribution >= 4 is 40.9 Å². The summed E-state index contributed by atoms with van der Waals surface area (Å²) in [5, 5.41) is 5.38. The predicted octanol–water partition coefficient (Wildman–Crippen LogP) is 2.84. The van der Waals surface area contributed by atoms with Gasteiger partial charge in [-0.1, -0.05) is 6.07 Å². The van der Waals surface area contributed by atoms with Crippen molar-refractivity contribution in [2.45, 2.75) is 17.1 Å². The zero-order valence-electron chi connectivity index (χ0n) is 15.8. The van der Waals surface area contributed by atoms with Crippen molar-refractivity contribution in [2.75, 3.05) is 31.3 Å². The summed E-state index contributed by atoms with van der Waals surface area (Å²) in [6.07, 6.45) is 0. The van der Waals surface area contributed by atoms with Crippen LogP contribution in [0.1, 0.15) is 17.3 Å². The van der Waals surface area contributed by atoms with Crippen LogP contribution in [0.5, 0.6) is 5.75 Å². The molecule has 0 saturated carbocycles. The quantitative estimate of drug-likeness (QED) is 0.807. The average Bonchev–Trinajstić information content (AvgIpc) is 2.68. The summed E-state index contributed by atoms with van der Waals surface area (Å²) in [6.45, 7) is 1.72. The van der Waals surface area contributed by atoms with Gasteiger partial charge in [0.25, 0.3) is 5.91 Å². The molecular weight excluding hydrogens is 378 g/mol. The largest absolute Gasteiger partial charge is 0.497 e. The number of hydrogen-bond donors (Lipinski definition) is 2. The Balaban J connectivity index is 1.65. The number of hydrogen-bond acceptors (Lipinski definition) is 5. The van der Waals surface area contributed by atoms with Crippen molar-refractivity contribution in [1.82, 2.24) is 4.90 Å². The number of benzene rings is 2. The number of likely N-dealkylation sites (N-methyl/N-ethyl adjacent to an activating group) is 1. The van der Waals surface area contributed by atoms with Crippen LogP contribution in [0.2, 0.25) is 0 Å². The second kappa shape index (κ2) is 8.35. The third-order valence-corrected chi connectivity index (χ3v) is 5.42. The van der Waals surface area contributed by atoms with Crippen LogP contribution >= 0.6 is 11.8 Å². The number of nitrogens with zero attached hydrogens (tertiary/aromatic N) is 1. The number of amides is 3. The Morgan fingerprint density at radius 3 is 2.79 bits per heavy atom. The van der Waals surface area contributed by atoms with Gasteiger partial charge in [-0.15, -0.1) is 11.8 Å². The standard InChI is InChI=1S/C20H21N3O4S/c1-12-19(25)22-16-9-13(7-8-17(16)28-12)20(26)23(2)11-18(24)21-14-5-4-6-15(10-14)27-3/h4-10,12H,11H2,1-3H3,(H,21,24)(H,22,25)/t12-/m0/s1. The zero-order chi connectivity index (χ0) is 20.3. The Labute approximate surface area is 167 Å². The molecule has 3 amide bonds. The highest BCUT2D eigenvalue weighted by Gasteiger charge is 2.24. The van der Waals surface area contributed by atoms with Gasteiger partial charge in [-0.25, -0.2) is 0 Å². The van der Waals surface area contributed by atoms with Crippen molar-refractivity contribution in [2.24, 2.45) is 0 Å². The second-order valence-corrected chi connectivity index (χ2v) is 7.78. The van der Waals surface area contributed by atoms with E-state index in [-0.39, 0.29) is 29.5 Å². The maximum absolute atomic E-state index is 12.7. The molecule has 0 unspecified atom stereocenters. The number of rotatable bonds is 5. The molecule has 0 spiro atoms. The lowest BCUT2D eigenvalue weighted by Gasteiger charge is -2.23. The molecule has 28 heavy (non-hydrogen) atoms. The van der Waals surface area contributed by atoms with E-state index >= 15 is 0 Å². The van der Waals surface area contributed by atoms with Crippen LogP contribution in [0, 0.1) is 0 Å². The van der Waals surface area contributed by atoms with E-state index in [0.717, 1.165) is 4.90 Å². The lowest BCUT2D eigenvalue weighted by molar-refractivity contribution is -0.117. The number of nitrogens with one attached hydrogen (secondary N) is 2. The predicted molar refractivity (Wildman–Crippen MR) is 109 cm³/mol. The van der Waals surface area contributed by atoms with Crippen LogP contribution in [0.3, 0.4) is 0 Å². The fourth-order valence-electron chi connectivity index (χ4n) is 2.75. The van der Waals surface area contributed by atoms with E-state index in [1.807, 2.05) is 13.0 Å². The summed E-state index contributed by atoms with van der Waals surface area (Å²) >= 11 is 1.45. The van der Waals surface area contributed by atoms with Crippen LogP contribution < -0.4 is 15.4 Å². The maximum atomic E-state index is 12.7. The highest BCUT2D eigenvalue weighted by molar-refractivity contribution is 8.00. The van der Waals surface area contributed by atoms with E-state index in [4.69, 9.17) is 4.74 Å². The van der Waals surface area contributed by atoms with E-state index < -0.39 is 0 Å². The molecule has 2 aromatic rings. The van der Waals surface area contributed by atoms with Crippen LogP contribution in [0.15, 0.2) is 47.4 Å². The van der Waals surface area contributed by atoms with Crippen LogP contribution in [-0.2, 0) is 9.59 Å². The van der Waals surface area contributed by atoms with E-state index in [9.17, 15) is 14.4 Å². The molecule has 0 bridgehead atoms. The summed E-state index contributed by atoms with van der Waals surface area (Å²) < 4.78 is 5.13. The molecule has 1 aliphatic rings. The fraction of sp³-hybridized carbons (Fsp3) is 0.250.